The van der Waals surface area contributed by atoms with Gasteiger partial charge in [0.15, 0.2) is 5.78 Å². The molecule has 3 aliphatic rings. The van der Waals surface area contributed by atoms with Crippen molar-refractivity contribution >= 4 is 17.7 Å². The third-order valence-corrected chi connectivity index (χ3v) is 10.7. The van der Waals surface area contributed by atoms with Crippen LogP contribution in [0.5, 0.6) is 0 Å². The van der Waals surface area contributed by atoms with Crippen molar-refractivity contribution in [1.82, 2.24) is 0 Å². The van der Waals surface area contributed by atoms with Crippen molar-refractivity contribution in [3.8, 4) is 0 Å². The number of esters is 1. The second-order valence-corrected chi connectivity index (χ2v) is 13.6. The van der Waals surface area contributed by atoms with E-state index in [0.717, 1.165) is 23.1 Å². The van der Waals surface area contributed by atoms with Gasteiger partial charge in [0.1, 0.15) is 11.5 Å². The lowest BCUT2D eigenvalue weighted by Gasteiger charge is -2.61. The Hall–Kier alpha value is -2.51. The van der Waals surface area contributed by atoms with Crippen LogP contribution >= 0.6 is 0 Å². The molecule has 0 spiro atoms. The molecule has 0 aromatic carbocycles. The lowest BCUT2D eigenvalue weighted by Crippen LogP contribution is -2.61. The Morgan fingerprint density at radius 3 is 2.27 bits per heavy atom. The minimum atomic E-state index is -1.20. The lowest BCUT2D eigenvalue weighted by atomic mass is 9.42. The fourth-order valence-corrected chi connectivity index (χ4v) is 8.25. The van der Waals surface area contributed by atoms with E-state index in [9.17, 15) is 19.5 Å². The largest absolute Gasteiger partial charge is 0.481 e. The van der Waals surface area contributed by atoms with Gasteiger partial charge in [-0.15, -0.1) is 0 Å². The number of carboxylic acid groups (broad SMARTS) is 1. The van der Waals surface area contributed by atoms with Crippen LogP contribution in [-0.2, 0) is 28.6 Å². The van der Waals surface area contributed by atoms with Crippen LogP contribution in [0, 0.1) is 28.1 Å². The number of hydrogen-bond acceptors (Lipinski definition) is 6. The first-order valence-electron chi connectivity index (χ1n) is 14.7. The van der Waals surface area contributed by atoms with Gasteiger partial charge in [-0.3, -0.25) is 14.4 Å². The summed E-state index contributed by atoms with van der Waals surface area (Å²) in [6, 6.07) is 0. The molecule has 0 bridgehead atoms. The SMILES string of the molecule is COC(C=CC(C)=C1C(=O)CC2C1(C)CCC1C2(C)CCC(OC(C)=O)C1(C)C(=O)O)C(C)=CC=CC(C)(C)OC. The molecule has 0 amide bonds. The molecule has 1 N–H and O–H groups in total. The molecule has 0 radical (unpaired) electrons. The average molecular weight is 571 g/mol. The Morgan fingerprint density at radius 2 is 1.71 bits per heavy atom. The van der Waals surface area contributed by atoms with Gasteiger partial charge >= 0.3 is 11.9 Å². The van der Waals surface area contributed by atoms with Gasteiger partial charge < -0.3 is 19.3 Å². The van der Waals surface area contributed by atoms with E-state index in [2.05, 4.69) is 13.8 Å². The Bertz CT molecular complexity index is 1170. The minimum Gasteiger partial charge on any atom is -0.481 e. The molecule has 7 nitrogen and oxygen atoms in total. The zero-order valence-electron chi connectivity index (χ0n) is 26.6. The van der Waals surface area contributed by atoms with Crippen LogP contribution in [0.15, 0.2) is 47.1 Å². The monoisotopic (exact) mass is 570 g/mol. The van der Waals surface area contributed by atoms with E-state index >= 15 is 0 Å². The topological polar surface area (TPSA) is 99.1 Å². The molecule has 0 saturated heterocycles. The summed E-state index contributed by atoms with van der Waals surface area (Å²) in [5, 5.41) is 10.4. The molecule has 3 saturated carbocycles. The lowest BCUT2D eigenvalue weighted by molar-refractivity contribution is -0.204. The van der Waals surface area contributed by atoms with Crippen LogP contribution in [0.25, 0.3) is 0 Å². The number of Topliss-reactive ketones (excluding diaryl/α,β-unsaturated/α-hetero) is 1. The number of hydrogen-bond donors (Lipinski definition) is 1. The summed E-state index contributed by atoms with van der Waals surface area (Å²) in [5.41, 5.74) is 0.534. The molecule has 7 heteroatoms. The maximum Gasteiger partial charge on any atom is 0.313 e. The highest BCUT2D eigenvalue weighted by Gasteiger charge is 2.68. The summed E-state index contributed by atoms with van der Waals surface area (Å²) in [4.78, 5) is 38.3. The zero-order valence-corrected chi connectivity index (χ0v) is 26.6. The molecule has 0 heterocycles. The molecule has 41 heavy (non-hydrogen) atoms. The van der Waals surface area contributed by atoms with E-state index in [1.165, 1.54) is 6.92 Å². The number of carbonyl (C=O) groups is 3. The summed E-state index contributed by atoms with van der Waals surface area (Å²) >= 11 is 0. The normalized spacial score (nSPS) is 36.3. The fraction of sp³-hybridized carbons (Fsp3) is 0.676. The van der Waals surface area contributed by atoms with E-state index in [-0.39, 0.29) is 40.2 Å². The van der Waals surface area contributed by atoms with Crippen molar-refractivity contribution in [3.63, 3.8) is 0 Å². The molecule has 0 aliphatic heterocycles. The summed E-state index contributed by atoms with van der Waals surface area (Å²) in [6.07, 6.45) is 12.0. The van der Waals surface area contributed by atoms with Gasteiger partial charge in [0.2, 0.25) is 0 Å². The third kappa shape index (κ3) is 6.03. The Kier molecular flexibility index (Phi) is 9.66. The number of methoxy groups -OCH3 is 2. The van der Waals surface area contributed by atoms with Crippen molar-refractivity contribution < 1.29 is 33.7 Å². The number of carboxylic acids is 1. The van der Waals surface area contributed by atoms with Crippen molar-refractivity contribution in [1.29, 1.82) is 0 Å². The summed E-state index contributed by atoms with van der Waals surface area (Å²) in [5.74, 6) is -1.42. The first-order valence-corrected chi connectivity index (χ1v) is 14.7. The van der Waals surface area contributed by atoms with Gasteiger partial charge in [-0.1, -0.05) is 44.2 Å². The van der Waals surface area contributed by atoms with Crippen molar-refractivity contribution in [3.05, 3.63) is 47.1 Å². The predicted molar refractivity (Wildman–Crippen MR) is 159 cm³/mol. The molecule has 0 aromatic heterocycles. The summed E-state index contributed by atoms with van der Waals surface area (Å²) in [7, 11) is 3.35. The van der Waals surface area contributed by atoms with Crippen LogP contribution in [-0.4, -0.2) is 54.9 Å². The highest BCUT2D eigenvalue weighted by Crippen LogP contribution is 2.69. The Balaban J connectivity index is 1.93. The van der Waals surface area contributed by atoms with Gasteiger partial charge in [0.05, 0.1) is 11.7 Å². The third-order valence-electron chi connectivity index (χ3n) is 10.7. The second kappa shape index (κ2) is 12.0. The van der Waals surface area contributed by atoms with Crippen LogP contribution in [0.4, 0.5) is 0 Å². The van der Waals surface area contributed by atoms with E-state index < -0.39 is 23.5 Å². The smallest absolute Gasteiger partial charge is 0.313 e. The van der Waals surface area contributed by atoms with Gasteiger partial charge in [-0.05, 0) is 88.7 Å². The minimum absolute atomic E-state index is 0.0192. The highest BCUT2D eigenvalue weighted by atomic mass is 16.5. The van der Waals surface area contributed by atoms with Crippen LogP contribution in [0.1, 0.15) is 87.5 Å². The highest BCUT2D eigenvalue weighted by molar-refractivity contribution is 6.01. The average Bonchev–Trinajstić information content (AvgIpc) is 3.16. The number of fused-ring (bicyclic) bond motifs is 3. The van der Waals surface area contributed by atoms with Crippen LogP contribution in [0.3, 0.4) is 0 Å². The molecule has 3 aliphatic carbocycles. The zero-order chi connectivity index (χ0) is 31.0. The van der Waals surface area contributed by atoms with Crippen LogP contribution < -0.4 is 0 Å². The number of carbonyl (C=O) groups excluding carboxylic acids is 2. The predicted octanol–water partition coefficient (Wildman–Crippen LogP) is 6.63. The second-order valence-electron chi connectivity index (χ2n) is 13.6. The van der Waals surface area contributed by atoms with E-state index in [0.29, 0.717) is 25.7 Å². The Morgan fingerprint density at radius 1 is 1.05 bits per heavy atom. The molecule has 7 unspecified atom stereocenters. The Labute approximate surface area is 246 Å². The van der Waals surface area contributed by atoms with Crippen molar-refractivity contribution in [2.45, 2.75) is 105 Å². The maximum absolute atomic E-state index is 13.7. The number of aliphatic carboxylic acids is 1. The number of rotatable bonds is 9. The number of ketones is 1. The van der Waals surface area contributed by atoms with Gasteiger partial charge in [0, 0.05) is 38.6 Å². The first-order chi connectivity index (χ1) is 19.0. The van der Waals surface area contributed by atoms with E-state index in [1.807, 2.05) is 58.1 Å². The van der Waals surface area contributed by atoms with Crippen LogP contribution in [0.2, 0.25) is 0 Å². The fourth-order valence-electron chi connectivity index (χ4n) is 8.25. The van der Waals surface area contributed by atoms with Gasteiger partial charge in [-0.25, -0.2) is 0 Å². The molecule has 228 valence electrons. The van der Waals surface area contributed by atoms with Gasteiger partial charge in [-0.2, -0.15) is 0 Å². The number of allylic oxidation sites excluding steroid dienone is 5. The summed E-state index contributed by atoms with van der Waals surface area (Å²) < 4.78 is 16.8. The molecule has 3 rings (SSSR count). The molecule has 7 atom stereocenters. The maximum atomic E-state index is 13.7. The molecule has 0 aromatic rings. The molecule has 3 fully saturated rings. The summed E-state index contributed by atoms with van der Waals surface area (Å²) in [6.45, 7) is 15.4. The van der Waals surface area contributed by atoms with Crippen molar-refractivity contribution in [2.24, 2.45) is 28.1 Å². The van der Waals surface area contributed by atoms with E-state index in [4.69, 9.17) is 14.2 Å². The molecular weight excluding hydrogens is 520 g/mol. The first kappa shape index (κ1) is 33.0. The quantitative estimate of drug-likeness (QED) is 0.189. The number of ether oxygens (including phenoxy) is 3. The standard InChI is InChI=1S/C34H50O7/c1-21(12-11-17-31(4,5)40-10)25(39-9)14-13-22(2)29-24(36)20-27-32(6)19-16-28(41-23(3)35)34(8,30(37)38)26(32)15-18-33(27,29)7/h11-14,17,25-28H,15-16,18-20H2,1-10H3,(H,37,38). The molecular formula is C34H50O7. The van der Waals surface area contributed by atoms with Gasteiger partial charge in [0.25, 0.3) is 0 Å². The van der Waals surface area contributed by atoms with Crippen molar-refractivity contribution in [2.75, 3.05) is 14.2 Å². The van der Waals surface area contributed by atoms with E-state index in [1.54, 1.807) is 21.1 Å².